The van der Waals surface area contributed by atoms with E-state index in [2.05, 4.69) is 21.2 Å². The summed E-state index contributed by atoms with van der Waals surface area (Å²) >= 11 is 3.47. The lowest BCUT2D eigenvalue weighted by Crippen LogP contribution is -2.12. The van der Waals surface area contributed by atoms with E-state index < -0.39 is 0 Å². The molecule has 0 aliphatic rings. The van der Waals surface area contributed by atoms with Gasteiger partial charge in [0.05, 0.1) is 5.69 Å². The van der Waals surface area contributed by atoms with E-state index in [1.807, 2.05) is 67.6 Å². The van der Waals surface area contributed by atoms with Crippen LogP contribution in [0.4, 0.5) is 5.69 Å². The highest BCUT2D eigenvalue weighted by Crippen LogP contribution is 2.25. The van der Waals surface area contributed by atoms with Gasteiger partial charge >= 0.3 is 0 Å². The molecule has 3 aromatic rings. The number of nitrogens with one attached hydrogen (secondary N) is 1. The van der Waals surface area contributed by atoms with Crippen molar-refractivity contribution in [2.75, 3.05) is 5.32 Å². The van der Waals surface area contributed by atoms with Crippen molar-refractivity contribution in [1.82, 2.24) is 0 Å². The third-order valence-corrected chi connectivity index (χ3v) is 4.10. The number of carbonyl (C=O) groups is 1. The predicted molar refractivity (Wildman–Crippen MR) is 90.8 cm³/mol. The zero-order valence-electron chi connectivity index (χ0n) is 11.6. The highest BCUT2D eigenvalue weighted by molar-refractivity contribution is 9.10. The van der Waals surface area contributed by atoms with Gasteiger partial charge in [0.25, 0.3) is 5.91 Å². The molecule has 104 valence electrons. The Balaban J connectivity index is 1.99. The summed E-state index contributed by atoms with van der Waals surface area (Å²) in [6, 6.07) is 19.5. The van der Waals surface area contributed by atoms with Crippen LogP contribution in [0.25, 0.3) is 10.8 Å². The molecule has 21 heavy (non-hydrogen) atoms. The Hall–Kier alpha value is -2.13. The van der Waals surface area contributed by atoms with Crippen molar-refractivity contribution in [3.8, 4) is 0 Å². The maximum Gasteiger partial charge on any atom is 0.256 e. The highest BCUT2D eigenvalue weighted by Gasteiger charge is 2.11. The molecule has 0 saturated carbocycles. The lowest BCUT2D eigenvalue weighted by molar-refractivity contribution is 0.102. The molecule has 3 rings (SSSR count). The van der Waals surface area contributed by atoms with Crippen LogP contribution >= 0.6 is 15.9 Å². The molecule has 0 aromatic heterocycles. The standard InChI is InChI=1S/C18H14BrNO/c1-12-9-10-16(19)17(11-12)20-18(21)15-8-4-6-13-5-2-3-7-14(13)15/h2-11H,1H3,(H,20,21). The van der Waals surface area contributed by atoms with Gasteiger partial charge in [-0.15, -0.1) is 0 Å². The fourth-order valence-electron chi connectivity index (χ4n) is 2.35. The predicted octanol–water partition coefficient (Wildman–Crippen LogP) is 5.16. The van der Waals surface area contributed by atoms with E-state index in [4.69, 9.17) is 0 Å². The maximum absolute atomic E-state index is 12.6. The number of anilines is 1. The van der Waals surface area contributed by atoms with Crippen LogP contribution in [-0.2, 0) is 0 Å². The number of amides is 1. The number of fused-ring (bicyclic) bond motifs is 1. The SMILES string of the molecule is Cc1ccc(Br)c(NC(=O)c2cccc3ccccc23)c1. The van der Waals surface area contributed by atoms with E-state index in [1.165, 1.54) is 0 Å². The van der Waals surface area contributed by atoms with Crippen LogP contribution in [0.5, 0.6) is 0 Å². The molecule has 1 amide bonds. The van der Waals surface area contributed by atoms with Crippen molar-refractivity contribution >= 4 is 38.3 Å². The topological polar surface area (TPSA) is 29.1 Å². The second-order valence-electron chi connectivity index (χ2n) is 4.96. The molecule has 0 heterocycles. The molecule has 3 heteroatoms. The second kappa shape index (κ2) is 5.70. The van der Waals surface area contributed by atoms with Crippen molar-refractivity contribution in [2.24, 2.45) is 0 Å². The molecule has 0 bridgehead atoms. The van der Waals surface area contributed by atoms with E-state index in [-0.39, 0.29) is 5.91 Å². The average molecular weight is 340 g/mol. The van der Waals surface area contributed by atoms with Crippen molar-refractivity contribution in [3.05, 3.63) is 76.3 Å². The Morgan fingerprint density at radius 1 is 1.00 bits per heavy atom. The summed E-state index contributed by atoms with van der Waals surface area (Å²) in [7, 11) is 0. The number of hydrogen-bond acceptors (Lipinski definition) is 1. The molecule has 1 N–H and O–H groups in total. The van der Waals surface area contributed by atoms with E-state index in [0.717, 1.165) is 26.5 Å². The average Bonchev–Trinajstić information content (AvgIpc) is 2.50. The van der Waals surface area contributed by atoms with Gasteiger partial charge in [0, 0.05) is 10.0 Å². The van der Waals surface area contributed by atoms with Crippen LogP contribution < -0.4 is 5.32 Å². The van der Waals surface area contributed by atoms with E-state index in [1.54, 1.807) is 0 Å². The summed E-state index contributed by atoms with van der Waals surface area (Å²) in [5.41, 5.74) is 2.57. The molecule has 0 atom stereocenters. The number of hydrogen-bond donors (Lipinski definition) is 1. The number of carbonyl (C=O) groups excluding carboxylic acids is 1. The summed E-state index contributed by atoms with van der Waals surface area (Å²) in [6.45, 7) is 2.00. The van der Waals surface area contributed by atoms with Crippen LogP contribution in [-0.4, -0.2) is 5.91 Å². The molecule has 0 spiro atoms. The van der Waals surface area contributed by atoms with Crippen molar-refractivity contribution in [2.45, 2.75) is 6.92 Å². The summed E-state index contributed by atoms with van der Waals surface area (Å²) in [6.07, 6.45) is 0. The van der Waals surface area contributed by atoms with Gasteiger partial charge in [0.1, 0.15) is 0 Å². The van der Waals surface area contributed by atoms with Gasteiger partial charge in [-0.3, -0.25) is 4.79 Å². The van der Waals surface area contributed by atoms with Crippen LogP contribution in [0.3, 0.4) is 0 Å². The lowest BCUT2D eigenvalue weighted by Gasteiger charge is -2.10. The summed E-state index contributed by atoms with van der Waals surface area (Å²) in [5, 5.41) is 5.00. The zero-order chi connectivity index (χ0) is 14.8. The van der Waals surface area contributed by atoms with Crippen molar-refractivity contribution in [1.29, 1.82) is 0 Å². The fraction of sp³-hybridized carbons (Fsp3) is 0.0556. The number of aryl methyl sites for hydroxylation is 1. The van der Waals surface area contributed by atoms with Crippen molar-refractivity contribution in [3.63, 3.8) is 0 Å². The van der Waals surface area contributed by atoms with Crippen LogP contribution in [0.2, 0.25) is 0 Å². The number of rotatable bonds is 2. The van der Waals surface area contributed by atoms with E-state index in [9.17, 15) is 4.79 Å². The lowest BCUT2D eigenvalue weighted by atomic mass is 10.0. The fourth-order valence-corrected chi connectivity index (χ4v) is 2.69. The third-order valence-electron chi connectivity index (χ3n) is 3.40. The monoisotopic (exact) mass is 339 g/mol. The molecule has 0 aliphatic carbocycles. The molecular formula is C18H14BrNO. The van der Waals surface area contributed by atoms with Gasteiger partial charge in [-0.1, -0.05) is 42.5 Å². The molecule has 0 unspecified atom stereocenters. The molecule has 3 aromatic carbocycles. The molecule has 0 saturated heterocycles. The van der Waals surface area contributed by atoms with Crippen LogP contribution in [0.1, 0.15) is 15.9 Å². The minimum atomic E-state index is -0.0990. The Morgan fingerprint density at radius 3 is 2.62 bits per heavy atom. The molecule has 2 nitrogen and oxygen atoms in total. The van der Waals surface area contributed by atoms with Crippen LogP contribution in [0, 0.1) is 6.92 Å². The maximum atomic E-state index is 12.6. The van der Waals surface area contributed by atoms with E-state index >= 15 is 0 Å². The smallest absolute Gasteiger partial charge is 0.256 e. The minimum Gasteiger partial charge on any atom is -0.321 e. The first-order chi connectivity index (χ1) is 10.1. The molecular weight excluding hydrogens is 326 g/mol. The number of halogens is 1. The highest BCUT2D eigenvalue weighted by atomic mass is 79.9. The Labute approximate surface area is 131 Å². The first kappa shape index (κ1) is 13.8. The first-order valence-electron chi connectivity index (χ1n) is 6.70. The van der Waals surface area contributed by atoms with Gasteiger partial charge in [0.15, 0.2) is 0 Å². The quantitative estimate of drug-likeness (QED) is 0.686. The second-order valence-corrected chi connectivity index (χ2v) is 5.82. The van der Waals surface area contributed by atoms with Gasteiger partial charge in [-0.2, -0.15) is 0 Å². The first-order valence-corrected chi connectivity index (χ1v) is 7.50. The largest absolute Gasteiger partial charge is 0.321 e. The zero-order valence-corrected chi connectivity index (χ0v) is 13.1. The van der Waals surface area contributed by atoms with Crippen molar-refractivity contribution < 1.29 is 4.79 Å². The van der Waals surface area contributed by atoms with Crippen LogP contribution in [0.15, 0.2) is 65.1 Å². The van der Waals surface area contributed by atoms with Gasteiger partial charge < -0.3 is 5.32 Å². The van der Waals surface area contributed by atoms with E-state index in [0.29, 0.717) is 5.56 Å². The number of benzene rings is 3. The minimum absolute atomic E-state index is 0.0990. The summed E-state index contributed by atoms with van der Waals surface area (Å²) in [4.78, 5) is 12.6. The Bertz CT molecular complexity index is 821. The summed E-state index contributed by atoms with van der Waals surface area (Å²) < 4.78 is 0.877. The molecule has 0 fully saturated rings. The Kier molecular flexibility index (Phi) is 3.76. The normalized spacial score (nSPS) is 10.6. The summed E-state index contributed by atoms with van der Waals surface area (Å²) in [5.74, 6) is -0.0990. The Morgan fingerprint density at radius 2 is 1.76 bits per heavy atom. The van der Waals surface area contributed by atoms with Gasteiger partial charge in [0.2, 0.25) is 0 Å². The third kappa shape index (κ3) is 2.83. The molecule has 0 radical (unpaired) electrons. The molecule has 0 aliphatic heterocycles. The van der Waals surface area contributed by atoms with Gasteiger partial charge in [-0.05, 0) is 57.4 Å². The van der Waals surface area contributed by atoms with Gasteiger partial charge in [-0.25, -0.2) is 0 Å².